The number of hydrogen-bond donors (Lipinski definition) is 3. The Hall–Kier alpha value is -2.80. The fourth-order valence-corrected chi connectivity index (χ4v) is 4.44. The molecule has 2 aliphatic carbocycles. The zero-order chi connectivity index (χ0) is 20.8. The normalized spacial score (nSPS) is 21.3. The number of hydrogen-bond acceptors (Lipinski definition) is 7. The van der Waals surface area contributed by atoms with Crippen LogP contribution in [0.25, 0.3) is 5.65 Å². The van der Waals surface area contributed by atoms with Crippen LogP contribution in [0.4, 0.5) is 17.3 Å². The van der Waals surface area contributed by atoms with Crippen LogP contribution < -0.4 is 16.4 Å². The Morgan fingerprint density at radius 1 is 1.37 bits per heavy atom. The fourth-order valence-electron chi connectivity index (χ4n) is 3.75. The van der Waals surface area contributed by atoms with Gasteiger partial charge in [-0.15, -0.1) is 0 Å². The molecule has 0 amide bonds. The van der Waals surface area contributed by atoms with E-state index in [-0.39, 0.29) is 6.04 Å². The number of nitriles is 1. The van der Waals surface area contributed by atoms with Gasteiger partial charge in [-0.25, -0.2) is 4.98 Å². The minimum absolute atomic E-state index is 0.194. The first-order valence-corrected chi connectivity index (χ1v) is 11.8. The van der Waals surface area contributed by atoms with Gasteiger partial charge in [0.1, 0.15) is 29.0 Å². The van der Waals surface area contributed by atoms with Gasteiger partial charge in [0.05, 0.1) is 12.5 Å². The van der Waals surface area contributed by atoms with Crippen molar-refractivity contribution in [1.82, 2.24) is 14.6 Å². The molecule has 2 aliphatic rings. The highest BCUT2D eigenvalue weighted by atomic mass is 32.2. The first kappa shape index (κ1) is 19.2. The topological polar surface area (TPSA) is 127 Å². The summed E-state index contributed by atoms with van der Waals surface area (Å²) in [5.74, 6) is 2.28. The van der Waals surface area contributed by atoms with Crippen molar-refractivity contribution in [2.45, 2.75) is 43.0 Å². The summed E-state index contributed by atoms with van der Waals surface area (Å²) in [6.07, 6.45) is 6.47. The van der Waals surface area contributed by atoms with E-state index in [4.69, 9.17) is 5.73 Å². The van der Waals surface area contributed by atoms with Gasteiger partial charge in [-0.2, -0.15) is 14.9 Å². The smallest absolute Gasteiger partial charge is 0.177 e. The molecule has 4 N–H and O–H groups in total. The van der Waals surface area contributed by atoms with Gasteiger partial charge in [-0.05, 0) is 37.0 Å². The summed E-state index contributed by atoms with van der Waals surface area (Å²) in [5.41, 5.74) is 10.1. The Labute approximate surface area is 177 Å². The second-order valence-corrected chi connectivity index (χ2v) is 9.55. The summed E-state index contributed by atoms with van der Waals surface area (Å²) in [6.45, 7) is 0. The lowest BCUT2D eigenvalue weighted by molar-refractivity contribution is 0.600. The Bertz CT molecular complexity index is 1150. The van der Waals surface area contributed by atoms with Gasteiger partial charge in [-0.3, -0.25) is 0 Å². The quantitative estimate of drug-likeness (QED) is 0.500. The molecule has 0 saturated heterocycles. The maximum Gasteiger partial charge on any atom is 0.177 e. The molecule has 3 unspecified atom stereocenters. The molecule has 2 saturated carbocycles. The van der Waals surface area contributed by atoms with Crippen LogP contribution in [0, 0.1) is 11.3 Å². The molecule has 8 nitrogen and oxygen atoms in total. The molecule has 1 aromatic carbocycles. The van der Waals surface area contributed by atoms with Gasteiger partial charge in [0, 0.05) is 35.3 Å². The van der Waals surface area contributed by atoms with E-state index in [1.165, 1.54) is 11.8 Å². The van der Waals surface area contributed by atoms with Crippen molar-refractivity contribution >= 4 is 34.1 Å². The lowest BCUT2D eigenvalue weighted by Crippen LogP contribution is -2.10. The van der Waals surface area contributed by atoms with Gasteiger partial charge >= 0.3 is 0 Å². The third-order valence-corrected chi connectivity index (χ3v) is 6.25. The standard InChI is InChI=1S/C21H23N7OS/c1-30(29)11-12-6-15(4-5-16(12)17-7-18(17)23)25-19-8-20(26-14-2-3-14)28-21(27-19)13(9-22)10-24-28/h4-6,8,10,14,17-18,26H,2-3,7,11,23H2,1H3,(H,25,27). The van der Waals surface area contributed by atoms with Gasteiger partial charge in [-0.1, -0.05) is 17.2 Å². The highest BCUT2D eigenvalue weighted by Gasteiger charge is 2.36. The maximum atomic E-state index is 11.9. The molecule has 3 aromatic rings. The molecule has 0 bridgehead atoms. The third kappa shape index (κ3) is 3.81. The van der Waals surface area contributed by atoms with Crippen molar-refractivity contribution in [1.29, 1.82) is 5.26 Å². The van der Waals surface area contributed by atoms with E-state index in [1.54, 1.807) is 10.8 Å². The molecule has 5 rings (SSSR count). The van der Waals surface area contributed by atoms with E-state index in [9.17, 15) is 9.81 Å². The Kier molecular flexibility index (Phi) is 4.77. The van der Waals surface area contributed by atoms with E-state index < -0.39 is 11.2 Å². The number of fused-ring (bicyclic) bond motifs is 1. The van der Waals surface area contributed by atoms with Crippen LogP contribution in [0.3, 0.4) is 0 Å². The zero-order valence-corrected chi connectivity index (χ0v) is 17.4. The molecule has 30 heavy (non-hydrogen) atoms. The molecule has 2 aromatic heterocycles. The van der Waals surface area contributed by atoms with Crippen molar-refractivity contribution in [2.24, 2.45) is 5.73 Å². The number of nitrogens with one attached hydrogen (secondary N) is 2. The summed E-state index contributed by atoms with van der Waals surface area (Å²) in [4.78, 5) is 4.61. The van der Waals surface area contributed by atoms with Crippen LogP contribution in [-0.4, -0.2) is 37.5 Å². The van der Waals surface area contributed by atoms with Crippen molar-refractivity contribution in [3.8, 4) is 6.07 Å². The maximum absolute atomic E-state index is 11.9. The number of aromatic nitrogens is 3. The highest BCUT2D eigenvalue weighted by molar-refractivity contribution is 7.89. The largest absolute Gasteiger partial charge is 0.616 e. The number of rotatable bonds is 7. The predicted molar refractivity (Wildman–Crippen MR) is 117 cm³/mol. The van der Waals surface area contributed by atoms with Crippen LogP contribution in [-0.2, 0) is 16.9 Å². The molecule has 154 valence electrons. The average Bonchev–Trinajstić information content (AvgIpc) is 3.61. The summed E-state index contributed by atoms with van der Waals surface area (Å²) in [6, 6.07) is 10.8. The van der Waals surface area contributed by atoms with E-state index in [1.807, 2.05) is 18.2 Å². The SMILES string of the molecule is C[S+]([O-])Cc1cc(Nc2cc(NC3CC3)n3ncc(C#N)c3n2)ccc1C1CC1N. The Morgan fingerprint density at radius 2 is 2.17 bits per heavy atom. The van der Waals surface area contributed by atoms with Crippen LogP contribution >= 0.6 is 0 Å². The van der Waals surface area contributed by atoms with Crippen molar-refractivity contribution < 1.29 is 4.55 Å². The van der Waals surface area contributed by atoms with E-state index in [0.717, 1.165) is 36.3 Å². The summed E-state index contributed by atoms with van der Waals surface area (Å²) < 4.78 is 13.6. The van der Waals surface area contributed by atoms with Crippen molar-refractivity contribution in [3.63, 3.8) is 0 Å². The molecule has 0 spiro atoms. The molecular formula is C21H23N7OS. The van der Waals surface area contributed by atoms with Crippen molar-refractivity contribution in [2.75, 3.05) is 16.9 Å². The summed E-state index contributed by atoms with van der Waals surface area (Å²) >= 11 is -0.944. The van der Waals surface area contributed by atoms with Gasteiger partial charge in [0.15, 0.2) is 5.65 Å². The number of anilines is 3. The lowest BCUT2D eigenvalue weighted by Gasteiger charge is -2.15. The first-order valence-electron chi connectivity index (χ1n) is 10.0. The molecule has 2 fully saturated rings. The predicted octanol–water partition coefficient (Wildman–Crippen LogP) is 2.61. The zero-order valence-electron chi connectivity index (χ0n) is 16.6. The third-order valence-electron chi connectivity index (χ3n) is 5.54. The van der Waals surface area contributed by atoms with Crippen LogP contribution in [0.2, 0.25) is 0 Å². The van der Waals surface area contributed by atoms with Crippen LogP contribution in [0.1, 0.15) is 41.9 Å². The van der Waals surface area contributed by atoms with Crippen LogP contribution in [0.15, 0.2) is 30.5 Å². The van der Waals surface area contributed by atoms with E-state index in [2.05, 4.69) is 32.9 Å². The van der Waals surface area contributed by atoms with Crippen molar-refractivity contribution in [3.05, 3.63) is 47.2 Å². The van der Waals surface area contributed by atoms with E-state index >= 15 is 0 Å². The summed E-state index contributed by atoms with van der Waals surface area (Å²) in [5, 5.41) is 20.5. The monoisotopic (exact) mass is 421 g/mol. The van der Waals surface area contributed by atoms with Gasteiger partial charge in [0.2, 0.25) is 0 Å². The molecule has 2 heterocycles. The fraction of sp³-hybridized carbons (Fsp3) is 0.381. The number of nitrogens with zero attached hydrogens (tertiary/aromatic N) is 4. The first-order chi connectivity index (χ1) is 14.5. The van der Waals surface area contributed by atoms with Gasteiger partial charge < -0.3 is 20.9 Å². The molecular weight excluding hydrogens is 398 g/mol. The number of nitrogens with two attached hydrogens (primary N) is 1. The Balaban J connectivity index is 1.49. The average molecular weight is 422 g/mol. The molecule has 0 aliphatic heterocycles. The molecule has 0 radical (unpaired) electrons. The molecule has 9 heteroatoms. The molecule has 3 atom stereocenters. The second-order valence-electron chi connectivity index (χ2n) is 8.11. The van der Waals surface area contributed by atoms with Crippen LogP contribution in [0.5, 0.6) is 0 Å². The van der Waals surface area contributed by atoms with E-state index in [0.29, 0.717) is 34.7 Å². The van der Waals surface area contributed by atoms with Gasteiger partial charge in [0.25, 0.3) is 0 Å². The minimum Gasteiger partial charge on any atom is -0.616 e. The summed E-state index contributed by atoms with van der Waals surface area (Å²) in [7, 11) is 0. The minimum atomic E-state index is -0.944. The highest BCUT2D eigenvalue weighted by Crippen LogP contribution is 2.42. The second kappa shape index (κ2) is 7.47. The number of benzene rings is 1. The lowest BCUT2D eigenvalue weighted by atomic mass is 10.0. The Morgan fingerprint density at radius 3 is 2.83 bits per heavy atom.